The van der Waals surface area contributed by atoms with Crippen LogP contribution in [0.15, 0.2) is 146 Å². The van der Waals surface area contributed by atoms with E-state index < -0.39 is 0 Å². The van der Waals surface area contributed by atoms with Gasteiger partial charge in [-0.2, -0.15) is 0 Å². The van der Waals surface area contributed by atoms with Crippen LogP contribution in [0.25, 0.3) is 77.2 Å². The molecule has 0 N–H and O–H groups in total. The van der Waals surface area contributed by atoms with E-state index in [1.165, 1.54) is 66.8 Å². The molecule has 238 valence electrons. The smallest absolute Gasteiger partial charge is 0.127 e. The Hall–Kier alpha value is -6.12. The lowest BCUT2D eigenvalue weighted by Gasteiger charge is -2.19. The lowest BCUT2D eigenvalue weighted by atomic mass is 9.89. The number of fused-ring (bicyclic) bond motifs is 8. The first kappa shape index (κ1) is 28.9. The fourth-order valence-corrected chi connectivity index (χ4v) is 8.48. The van der Waals surface area contributed by atoms with Crippen LogP contribution in [-0.2, 0) is 12.8 Å². The number of hydrogen-bond acceptors (Lipinski definition) is 2. The molecule has 8 aromatic carbocycles. The summed E-state index contributed by atoms with van der Waals surface area (Å²) < 4.78 is 12.1. The predicted octanol–water partition coefficient (Wildman–Crippen LogP) is 12.2. The molecule has 2 nitrogen and oxygen atoms in total. The van der Waals surface area contributed by atoms with Crippen molar-refractivity contribution in [1.82, 2.24) is 0 Å². The minimum absolute atomic E-state index is 0.827. The van der Waals surface area contributed by atoms with Crippen LogP contribution in [0, 0.1) is 0 Å². The van der Waals surface area contributed by atoms with Gasteiger partial charge in [0.1, 0.15) is 11.5 Å². The molecule has 0 spiro atoms. The fraction of sp³-hybridized carbons (Fsp3) is 0.0833. The topological polar surface area (TPSA) is 18.5 Å². The molecule has 0 aromatic heterocycles. The van der Waals surface area contributed by atoms with Crippen molar-refractivity contribution in [3.05, 3.63) is 168 Å². The molecule has 0 radical (unpaired) electrons. The molecule has 0 heterocycles. The molecule has 2 heteroatoms. The van der Waals surface area contributed by atoms with Gasteiger partial charge in [0.15, 0.2) is 0 Å². The SMILES string of the molecule is COc1ccc2cc(-c3ccc4c(c3)Cc3ccccc3-4)ccc2c1-c1c(OC)ccc2cc(-c3ccc4c(c3)Cc3ccccc3-4)ccc12. The van der Waals surface area contributed by atoms with Crippen LogP contribution in [0.2, 0.25) is 0 Å². The average Bonchev–Trinajstić information content (AvgIpc) is 3.74. The van der Waals surface area contributed by atoms with Gasteiger partial charge in [-0.25, -0.2) is 0 Å². The number of methoxy groups -OCH3 is 2. The van der Waals surface area contributed by atoms with Crippen LogP contribution < -0.4 is 9.47 Å². The molecule has 0 aliphatic heterocycles. The molecule has 8 aromatic rings. The third-order valence-corrected chi connectivity index (χ3v) is 10.9. The normalized spacial score (nSPS) is 12.4. The van der Waals surface area contributed by atoms with Crippen LogP contribution in [0.4, 0.5) is 0 Å². The third kappa shape index (κ3) is 4.42. The van der Waals surface area contributed by atoms with Crippen LogP contribution >= 0.6 is 0 Å². The van der Waals surface area contributed by atoms with Crippen LogP contribution in [-0.4, -0.2) is 14.2 Å². The second-order valence-electron chi connectivity index (χ2n) is 13.6. The van der Waals surface area contributed by atoms with Gasteiger partial charge in [0, 0.05) is 11.1 Å². The Morgan fingerprint density at radius 3 is 1.22 bits per heavy atom. The molecule has 10 rings (SSSR count). The predicted molar refractivity (Wildman–Crippen MR) is 207 cm³/mol. The van der Waals surface area contributed by atoms with E-state index in [1.807, 2.05) is 0 Å². The lowest BCUT2D eigenvalue weighted by molar-refractivity contribution is 0.411. The summed E-state index contributed by atoms with van der Waals surface area (Å²) in [5.74, 6) is 1.65. The zero-order chi connectivity index (χ0) is 33.3. The quantitative estimate of drug-likeness (QED) is 0.186. The summed E-state index contributed by atoms with van der Waals surface area (Å²) in [5.41, 5.74) is 18.0. The maximum Gasteiger partial charge on any atom is 0.127 e. The van der Waals surface area contributed by atoms with Crippen molar-refractivity contribution in [2.45, 2.75) is 12.8 Å². The van der Waals surface area contributed by atoms with E-state index in [9.17, 15) is 0 Å². The highest BCUT2D eigenvalue weighted by molar-refractivity contribution is 6.11. The van der Waals surface area contributed by atoms with Crippen molar-refractivity contribution >= 4 is 21.5 Å². The van der Waals surface area contributed by atoms with Gasteiger partial charge in [0.05, 0.1) is 14.2 Å². The highest BCUT2D eigenvalue weighted by Crippen LogP contribution is 2.47. The van der Waals surface area contributed by atoms with E-state index in [0.29, 0.717) is 0 Å². The molecule has 0 fully saturated rings. The van der Waals surface area contributed by atoms with E-state index in [4.69, 9.17) is 9.47 Å². The van der Waals surface area contributed by atoms with Gasteiger partial charge >= 0.3 is 0 Å². The average molecular weight is 643 g/mol. The first-order valence-electron chi connectivity index (χ1n) is 17.3. The second-order valence-corrected chi connectivity index (χ2v) is 13.6. The van der Waals surface area contributed by atoms with Crippen molar-refractivity contribution in [1.29, 1.82) is 0 Å². The van der Waals surface area contributed by atoms with Crippen molar-refractivity contribution in [2.24, 2.45) is 0 Å². The number of ether oxygens (including phenoxy) is 2. The van der Waals surface area contributed by atoms with Gasteiger partial charge in [-0.1, -0.05) is 121 Å². The summed E-state index contributed by atoms with van der Waals surface area (Å²) in [6.07, 6.45) is 1.97. The number of benzene rings is 8. The molecule has 0 unspecified atom stereocenters. The van der Waals surface area contributed by atoms with Gasteiger partial charge in [-0.15, -0.1) is 0 Å². The third-order valence-electron chi connectivity index (χ3n) is 10.9. The Morgan fingerprint density at radius 2 is 0.760 bits per heavy atom. The summed E-state index contributed by atoms with van der Waals surface area (Å²) in [6, 6.07) is 53.5. The summed E-state index contributed by atoms with van der Waals surface area (Å²) in [6.45, 7) is 0. The van der Waals surface area contributed by atoms with Crippen molar-refractivity contribution in [3.63, 3.8) is 0 Å². The molecule has 0 saturated carbocycles. The standard InChI is InChI=1S/C48H34O2/c1-49-45-21-15-35-23-29(31-11-17-41-37(25-31)27-33-7-3-5-9-39(33)41)13-19-43(35)47(45)48-44-20-14-30(24-36(44)16-22-46(48)50-2)32-12-18-42-38(26-32)28-34-8-4-6-10-40(34)42/h3-26H,27-28H2,1-2H3. The monoisotopic (exact) mass is 642 g/mol. The van der Waals surface area contributed by atoms with Gasteiger partial charge < -0.3 is 9.47 Å². The first-order chi connectivity index (χ1) is 24.7. The lowest BCUT2D eigenvalue weighted by Crippen LogP contribution is -1.95. The van der Waals surface area contributed by atoms with E-state index >= 15 is 0 Å². The van der Waals surface area contributed by atoms with Gasteiger partial charge in [0.25, 0.3) is 0 Å². The van der Waals surface area contributed by atoms with E-state index in [2.05, 4.69) is 146 Å². The van der Waals surface area contributed by atoms with Gasteiger partial charge in [0.2, 0.25) is 0 Å². The second kappa shape index (κ2) is 11.2. The Labute approximate surface area is 292 Å². The molecular weight excluding hydrogens is 609 g/mol. The molecule has 0 saturated heterocycles. The number of hydrogen-bond donors (Lipinski definition) is 0. The summed E-state index contributed by atoms with van der Waals surface area (Å²) in [5, 5.41) is 4.60. The molecule has 0 bridgehead atoms. The Morgan fingerprint density at radius 1 is 0.360 bits per heavy atom. The summed E-state index contributed by atoms with van der Waals surface area (Å²) in [4.78, 5) is 0. The Kier molecular flexibility index (Phi) is 6.47. The largest absolute Gasteiger partial charge is 0.496 e. The van der Waals surface area contributed by atoms with Crippen LogP contribution in [0.5, 0.6) is 11.5 Å². The van der Waals surface area contributed by atoms with E-state index in [-0.39, 0.29) is 0 Å². The van der Waals surface area contributed by atoms with E-state index in [0.717, 1.165) is 57.0 Å². The molecule has 0 atom stereocenters. The zero-order valence-corrected chi connectivity index (χ0v) is 28.1. The van der Waals surface area contributed by atoms with Crippen LogP contribution in [0.3, 0.4) is 0 Å². The summed E-state index contributed by atoms with van der Waals surface area (Å²) in [7, 11) is 3.51. The minimum Gasteiger partial charge on any atom is -0.496 e. The maximum absolute atomic E-state index is 6.06. The molecule has 2 aliphatic rings. The number of rotatable bonds is 5. The van der Waals surface area contributed by atoms with Gasteiger partial charge in [-0.05, 0) is 125 Å². The van der Waals surface area contributed by atoms with Crippen LogP contribution in [0.1, 0.15) is 22.3 Å². The Balaban J connectivity index is 1.07. The molecule has 50 heavy (non-hydrogen) atoms. The van der Waals surface area contributed by atoms with Crippen molar-refractivity contribution < 1.29 is 9.47 Å². The minimum atomic E-state index is 0.827. The molecule has 2 aliphatic carbocycles. The summed E-state index contributed by atoms with van der Waals surface area (Å²) >= 11 is 0. The molecule has 0 amide bonds. The van der Waals surface area contributed by atoms with Crippen molar-refractivity contribution in [3.8, 4) is 67.1 Å². The maximum atomic E-state index is 6.06. The Bertz CT molecular complexity index is 2490. The van der Waals surface area contributed by atoms with Crippen molar-refractivity contribution in [2.75, 3.05) is 14.2 Å². The van der Waals surface area contributed by atoms with E-state index in [1.54, 1.807) is 14.2 Å². The highest BCUT2D eigenvalue weighted by Gasteiger charge is 2.22. The first-order valence-corrected chi connectivity index (χ1v) is 17.3. The zero-order valence-electron chi connectivity index (χ0n) is 28.1. The molecular formula is C48H34O2. The highest BCUT2D eigenvalue weighted by atomic mass is 16.5. The fourth-order valence-electron chi connectivity index (χ4n) is 8.48. The van der Waals surface area contributed by atoms with Gasteiger partial charge in [-0.3, -0.25) is 0 Å².